The summed E-state index contributed by atoms with van der Waals surface area (Å²) in [7, 11) is 0. The monoisotopic (exact) mass is 249 g/mol. The van der Waals surface area contributed by atoms with E-state index in [9.17, 15) is 14.5 Å². The lowest BCUT2D eigenvalue weighted by Gasteiger charge is -2.02. The molecule has 1 aromatic carbocycles. The molecule has 4 nitrogen and oxygen atoms in total. The smallest absolute Gasteiger partial charge is 0.284 e. The second kappa shape index (κ2) is 3.80. The van der Waals surface area contributed by atoms with Gasteiger partial charge in [0.15, 0.2) is 0 Å². The molecule has 0 spiro atoms. The van der Waals surface area contributed by atoms with E-state index in [-0.39, 0.29) is 15.7 Å². The van der Waals surface area contributed by atoms with Gasteiger partial charge in [0, 0.05) is 11.6 Å². The number of hydrogen-bond donors (Lipinski definition) is 1. The summed E-state index contributed by atoms with van der Waals surface area (Å²) in [6.45, 7) is -0.575. The summed E-state index contributed by atoms with van der Waals surface area (Å²) in [6.07, 6.45) is 0. The van der Waals surface area contributed by atoms with Crippen molar-refractivity contribution >= 4 is 21.6 Å². The van der Waals surface area contributed by atoms with Gasteiger partial charge in [0.1, 0.15) is 10.3 Å². The van der Waals surface area contributed by atoms with Crippen molar-refractivity contribution < 1.29 is 14.4 Å². The SMILES string of the molecule is O=[N+]([O-])c1ccc(F)c(CO)c1Br. The van der Waals surface area contributed by atoms with E-state index in [0.29, 0.717) is 0 Å². The Morgan fingerprint density at radius 2 is 2.23 bits per heavy atom. The molecule has 0 aliphatic carbocycles. The van der Waals surface area contributed by atoms with Gasteiger partial charge in [-0.3, -0.25) is 10.1 Å². The number of nitrogens with zero attached hydrogens (tertiary/aromatic N) is 1. The van der Waals surface area contributed by atoms with Gasteiger partial charge in [-0.25, -0.2) is 4.39 Å². The van der Waals surface area contributed by atoms with Gasteiger partial charge in [-0.05, 0) is 22.0 Å². The summed E-state index contributed by atoms with van der Waals surface area (Å²) >= 11 is 2.85. The second-order valence-electron chi connectivity index (χ2n) is 2.27. The van der Waals surface area contributed by atoms with Crippen molar-refractivity contribution in [3.8, 4) is 0 Å². The van der Waals surface area contributed by atoms with Crippen molar-refractivity contribution in [3.63, 3.8) is 0 Å². The van der Waals surface area contributed by atoms with Crippen molar-refractivity contribution in [2.24, 2.45) is 0 Å². The van der Waals surface area contributed by atoms with Crippen LogP contribution < -0.4 is 0 Å². The van der Waals surface area contributed by atoms with Crippen LogP contribution >= 0.6 is 15.9 Å². The Balaban J connectivity index is 3.35. The van der Waals surface area contributed by atoms with Crippen LogP contribution in [-0.4, -0.2) is 10.0 Å². The summed E-state index contributed by atoms with van der Waals surface area (Å²) in [5.74, 6) is -0.667. The fourth-order valence-corrected chi connectivity index (χ4v) is 1.46. The predicted molar refractivity (Wildman–Crippen MR) is 46.7 cm³/mol. The van der Waals surface area contributed by atoms with Crippen LogP contribution in [0.15, 0.2) is 16.6 Å². The quantitative estimate of drug-likeness (QED) is 0.644. The van der Waals surface area contributed by atoms with E-state index in [2.05, 4.69) is 15.9 Å². The van der Waals surface area contributed by atoms with Gasteiger partial charge in [0.05, 0.1) is 11.5 Å². The molecule has 0 aliphatic rings. The lowest BCUT2D eigenvalue weighted by Crippen LogP contribution is -1.96. The molecule has 0 heterocycles. The van der Waals surface area contributed by atoms with Crippen molar-refractivity contribution in [1.29, 1.82) is 0 Å². The zero-order chi connectivity index (χ0) is 10.0. The maximum Gasteiger partial charge on any atom is 0.284 e. The van der Waals surface area contributed by atoms with Crippen LogP contribution in [0.1, 0.15) is 5.56 Å². The molecule has 0 amide bonds. The average Bonchev–Trinajstić information content (AvgIpc) is 2.04. The number of nitro groups is 1. The van der Waals surface area contributed by atoms with Gasteiger partial charge in [0.25, 0.3) is 5.69 Å². The molecule has 0 saturated carbocycles. The summed E-state index contributed by atoms with van der Waals surface area (Å²) in [5.41, 5.74) is -0.361. The third-order valence-electron chi connectivity index (χ3n) is 1.52. The van der Waals surface area contributed by atoms with Crippen LogP contribution in [-0.2, 0) is 6.61 Å². The maximum absolute atomic E-state index is 12.9. The zero-order valence-corrected chi connectivity index (χ0v) is 7.91. The first-order valence-corrected chi connectivity index (χ1v) is 4.09. The Bertz CT molecular complexity index is 356. The van der Waals surface area contributed by atoms with Crippen LogP contribution in [0.3, 0.4) is 0 Å². The van der Waals surface area contributed by atoms with Gasteiger partial charge in [-0.15, -0.1) is 0 Å². The fraction of sp³-hybridized carbons (Fsp3) is 0.143. The Morgan fingerprint density at radius 1 is 1.62 bits per heavy atom. The summed E-state index contributed by atoms with van der Waals surface area (Å²) in [4.78, 5) is 9.72. The third-order valence-corrected chi connectivity index (χ3v) is 2.41. The lowest BCUT2D eigenvalue weighted by atomic mass is 10.2. The molecule has 1 aromatic rings. The minimum atomic E-state index is -0.667. The highest BCUT2D eigenvalue weighted by Gasteiger charge is 2.17. The Morgan fingerprint density at radius 3 is 2.69 bits per heavy atom. The molecule has 1 N–H and O–H groups in total. The molecular weight excluding hydrogens is 245 g/mol. The number of rotatable bonds is 2. The van der Waals surface area contributed by atoms with Crippen molar-refractivity contribution in [3.05, 3.63) is 38.1 Å². The molecule has 6 heteroatoms. The molecule has 0 aliphatic heterocycles. The lowest BCUT2D eigenvalue weighted by molar-refractivity contribution is -0.385. The molecule has 0 radical (unpaired) electrons. The molecule has 0 aromatic heterocycles. The van der Waals surface area contributed by atoms with E-state index in [1.807, 2.05) is 0 Å². The number of aliphatic hydroxyl groups excluding tert-OH is 1. The normalized spacial score (nSPS) is 10.1. The van der Waals surface area contributed by atoms with Gasteiger partial charge in [-0.2, -0.15) is 0 Å². The average molecular weight is 250 g/mol. The number of hydrogen-bond acceptors (Lipinski definition) is 3. The molecule has 70 valence electrons. The minimum absolute atomic E-state index is 0.0139. The fourth-order valence-electron chi connectivity index (χ4n) is 0.871. The van der Waals surface area contributed by atoms with Crippen molar-refractivity contribution in [2.75, 3.05) is 0 Å². The van der Waals surface area contributed by atoms with Crippen LogP contribution in [0.25, 0.3) is 0 Å². The highest BCUT2D eigenvalue weighted by atomic mass is 79.9. The Hall–Kier alpha value is -1.01. The van der Waals surface area contributed by atoms with Crippen LogP contribution in [0, 0.1) is 15.9 Å². The summed E-state index contributed by atoms with van der Waals surface area (Å²) < 4.78 is 12.9. The van der Waals surface area contributed by atoms with Gasteiger partial charge in [0.2, 0.25) is 0 Å². The van der Waals surface area contributed by atoms with E-state index in [0.717, 1.165) is 12.1 Å². The van der Waals surface area contributed by atoms with Gasteiger partial charge < -0.3 is 5.11 Å². The van der Waals surface area contributed by atoms with Gasteiger partial charge in [-0.1, -0.05) is 0 Å². The Labute approximate surface area is 81.3 Å². The minimum Gasteiger partial charge on any atom is -0.392 e. The molecule has 13 heavy (non-hydrogen) atoms. The molecule has 1 rings (SSSR count). The summed E-state index contributed by atoms with van der Waals surface area (Å²) in [5, 5.41) is 19.1. The number of nitro benzene ring substituents is 1. The second-order valence-corrected chi connectivity index (χ2v) is 3.07. The van der Waals surface area contributed by atoms with E-state index >= 15 is 0 Å². The molecule has 0 saturated heterocycles. The van der Waals surface area contributed by atoms with E-state index in [1.165, 1.54) is 0 Å². The number of halogens is 2. The van der Waals surface area contributed by atoms with Crippen molar-refractivity contribution in [2.45, 2.75) is 6.61 Å². The topological polar surface area (TPSA) is 63.4 Å². The molecule has 0 fully saturated rings. The maximum atomic E-state index is 12.9. The zero-order valence-electron chi connectivity index (χ0n) is 6.33. The van der Waals surface area contributed by atoms with E-state index < -0.39 is 17.3 Å². The largest absolute Gasteiger partial charge is 0.392 e. The van der Waals surface area contributed by atoms with Crippen LogP contribution in [0.2, 0.25) is 0 Å². The van der Waals surface area contributed by atoms with E-state index in [4.69, 9.17) is 5.11 Å². The standard InChI is InChI=1S/C7H5BrFNO3/c8-7-4(3-11)5(9)1-2-6(7)10(12)13/h1-2,11H,3H2. The first-order chi connectivity index (χ1) is 6.07. The highest BCUT2D eigenvalue weighted by molar-refractivity contribution is 9.10. The Kier molecular flexibility index (Phi) is 2.94. The number of aliphatic hydroxyl groups is 1. The van der Waals surface area contributed by atoms with E-state index in [1.54, 1.807) is 0 Å². The molecule has 0 unspecified atom stereocenters. The van der Waals surface area contributed by atoms with Gasteiger partial charge >= 0.3 is 0 Å². The third kappa shape index (κ3) is 1.84. The number of benzene rings is 1. The predicted octanol–water partition coefficient (Wildman–Crippen LogP) is 1.99. The summed E-state index contributed by atoms with van der Waals surface area (Å²) in [6, 6.07) is 1.99. The molecular formula is C7H5BrFNO3. The highest BCUT2D eigenvalue weighted by Crippen LogP contribution is 2.30. The first kappa shape index (κ1) is 10.1. The first-order valence-electron chi connectivity index (χ1n) is 3.30. The van der Waals surface area contributed by atoms with Crippen LogP contribution in [0.4, 0.5) is 10.1 Å². The van der Waals surface area contributed by atoms with Crippen molar-refractivity contribution in [1.82, 2.24) is 0 Å². The molecule has 0 bridgehead atoms. The molecule has 0 atom stereocenters. The van der Waals surface area contributed by atoms with Crippen LogP contribution in [0.5, 0.6) is 0 Å².